The smallest absolute Gasteiger partial charge is 0.228 e. The first-order valence-electron chi connectivity index (χ1n) is 4.94. The number of amides is 1. The molecular weight excluding hydrogens is 218 g/mol. The van der Waals surface area contributed by atoms with Gasteiger partial charge >= 0.3 is 0 Å². The van der Waals surface area contributed by atoms with Crippen molar-refractivity contribution in [2.45, 2.75) is 19.3 Å². The standard InChI is InChI=1S/C9H13NO4S/c11-7-4-9(8(12)10-5-7)2-1-3-15(13,14)6-9/h1-6H2,(H,10,12). The number of rotatable bonds is 0. The van der Waals surface area contributed by atoms with Crippen molar-refractivity contribution in [3.63, 3.8) is 0 Å². The van der Waals surface area contributed by atoms with Crippen molar-refractivity contribution in [2.24, 2.45) is 5.41 Å². The maximum Gasteiger partial charge on any atom is 0.228 e. The lowest BCUT2D eigenvalue weighted by atomic mass is 9.77. The second kappa shape index (κ2) is 3.30. The summed E-state index contributed by atoms with van der Waals surface area (Å²) >= 11 is 0. The molecule has 0 aliphatic carbocycles. The van der Waals surface area contributed by atoms with Crippen LogP contribution in [0.3, 0.4) is 0 Å². The van der Waals surface area contributed by atoms with Crippen LogP contribution in [0.1, 0.15) is 19.3 Å². The van der Waals surface area contributed by atoms with Gasteiger partial charge in [-0.2, -0.15) is 0 Å². The third-order valence-corrected chi connectivity index (χ3v) is 4.97. The zero-order chi connectivity index (χ0) is 11.1. The third-order valence-electron chi connectivity index (χ3n) is 3.07. The third kappa shape index (κ3) is 1.90. The first-order valence-corrected chi connectivity index (χ1v) is 6.76. The molecule has 0 aromatic carbocycles. The average Bonchev–Trinajstić information content (AvgIpc) is 2.10. The molecule has 2 aliphatic rings. The largest absolute Gasteiger partial charge is 0.349 e. The normalized spacial score (nSPS) is 35.2. The van der Waals surface area contributed by atoms with Gasteiger partial charge in [-0.25, -0.2) is 8.42 Å². The first kappa shape index (κ1) is 10.6. The van der Waals surface area contributed by atoms with Crippen molar-refractivity contribution in [1.29, 1.82) is 0 Å². The molecule has 6 heteroatoms. The molecule has 5 nitrogen and oxygen atoms in total. The number of ketones is 1. The average molecular weight is 231 g/mol. The van der Waals surface area contributed by atoms with Gasteiger partial charge in [-0.05, 0) is 12.8 Å². The SMILES string of the molecule is O=C1CNC(=O)C2(CCCS(=O)(=O)C2)C1. The zero-order valence-corrected chi connectivity index (χ0v) is 9.10. The van der Waals surface area contributed by atoms with Crippen LogP contribution in [0, 0.1) is 5.41 Å². The minimum Gasteiger partial charge on any atom is -0.349 e. The van der Waals surface area contributed by atoms with E-state index in [4.69, 9.17) is 0 Å². The highest BCUT2D eigenvalue weighted by atomic mass is 32.2. The summed E-state index contributed by atoms with van der Waals surface area (Å²) in [5, 5.41) is 2.48. The highest BCUT2D eigenvalue weighted by Crippen LogP contribution is 2.36. The van der Waals surface area contributed by atoms with Gasteiger partial charge in [0.25, 0.3) is 0 Å². The predicted octanol–water partition coefficient (Wildman–Crippen LogP) is -0.730. The van der Waals surface area contributed by atoms with E-state index >= 15 is 0 Å². The molecule has 0 radical (unpaired) electrons. The van der Waals surface area contributed by atoms with Gasteiger partial charge in [-0.15, -0.1) is 0 Å². The monoisotopic (exact) mass is 231 g/mol. The molecule has 2 aliphatic heterocycles. The van der Waals surface area contributed by atoms with E-state index in [1.165, 1.54) is 0 Å². The van der Waals surface area contributed by atoms with E-state index in [-0.39, 0.29) is 36.2 Å². The van der Waals surface area contributed by atoms with Crippen LogP contribution >= 0.6 is 0 Å². The Kier molecular flexibility index (Phi) is 2.33. The van der Waals surface area contributed by atoms with Crippen molar-refractivity contribution < 1.29 is 18.0 Å². The number of piperidine rings is 1. The lowest BCUT2D eigenvalue weighted by Crippen LogP contribution is -2.54. The molecule has 1 unspecified atom stereocenters. The Bertz CT molecular complexity index is 414. The molecular formula is C9H13NO4S. The molecule has 1 amide bonds. The van der Waals surface area contributed by atoms with Crippen molar-refractivity contribution in [3.05, 3.63) is 0 Å². The molecule has 1 atom stereocenters. The van der Waals surface area contributed by atoms with Crippen LogP contribution in [0.5, 0.6) is 0 Å². The topological polar surface area (TPSA) is 80.3 Å². The molecule has 0 aromatic rings. The van der Waals surface area contributed by atoms with Gasteiger partial charge in [0.2, 0.25) is 5.91 Å². The van der Waals surface area contributed by atoms with Crippen molar-refractivity contribution in [3.8, 4) is 0 Å². The second-order valence-corrected chi connectivity index (χ2v) is 6.56. The van der Waals surface area contributed by atoms with E-state index in [0.29, 0.717) is 12.8 Å². The summed E-state index contributed by atoms with van der Waals surface area (Å²) in [6.45, 7) is 0.0423. The molecule has 0 bridgehead atoms. The van der Waals surface area contributed by atoms with Crippen LogP contribution in [-0.2, 0) is 19.4 Å². The van der Waals surface area contributed by atoms with Gasteiger partial charge < -0.3 is 5.32 Å². The molecule has 0 aromatic heterocycles. The van der Waals surface area contributed by atoms with E-state index in [1.807, 2.05) is 0 Å². The van der Waals surface area contributed by atoms with E-state index < -0.39 is 15.3 Å². The highest BCUT2D eigenvalue weighted by molar-refractivity contribution is 7.91. The Labute approximate surface area is 88.1 Å². The lowest BCUT2D eigenvalue weighted by Gasteiger charge is -2.37. The maximum absolute atomic E-state index is 11.7. The maximum atomic E-state index is 11.7. The predicted molar refractivity (Wildman–Crippen MR) is 53.0 cm³/mol. The number of carbonyl (C=O) groups is 2. The van der Waals surface area contributed by atoms with E-state index in [2.05, 4.69) is 5.32 Å². The number of nitrogens with one attached hydrogen (secondary N) is 1. The Morgan fingerprint density at radius 3 is 2.67 bits per heavy atom. The summed E-state index contributed by atoms with van der Waals surface area (Å²) in [5.41, 5.74) is -0.966. The van der Waals surface area contributed by atoms with Crippen LogP contribution in [0.4, 0.5) is 0 Å². The molecule has 2 fully saturated rings. The Balaban J connectivity index is 2.31. The summed E-state index contributed by atoms with van der Waals surface area (Å²) < 4.78 is 23.0. The van der Waals surface area contributed by atoms with Gasteiger partial charge in [0.15, 0.2) is 15.6 Å². The van der Waals surface area contributed by atoms with Crippen molar-refractivity contribution >= 4 is 21.5 Å². The second-order valence-electron chi connectivity index (χ2n) is 4.37. The minimum atomic E-state index is -3.16. The highest BCUT2D eigenvalue weighted by Gasteiger charge is 2.48. The van der Waals surface area contributed by atoms with Crippen molar-refractivity contribution in [2.75, 3.05) is 18.1 Å². The van der Waals surface area contributed by atoms with Gasteiger partial charge in [0.1, 0.15) is 0 Å². The molecule has 1 N–H and O–H groups in total. The number of sulfone groups is 1. The molecule has 0 saturated carbocycles. The van der Waals surface area contributed by atoms with Crippen molar-refractivity contribution in [1.82, 2.24) is 5.32 Å². The zero-order valence-electron chi connectivity index (χ0n) is 8.28. The van der Waals surface area contributed by atoms with Crippen LogP contribution in [0.15, 0.2) is 0 Å². The van der Waals surface area contributed by atoms with Crippen LogP contribution in [0.25, 0.3) is 0 Å². The Morgan fingerprint density at radius 1 is 1.27 bits per heavy atom. The van der Waals surface area contributed by atoms with E-state index in [0.717, 1.165) is 0 Å². The summed E-state index contributed by atoms with van der Waals surface area (Å²) in [6.07, 6.45) is 1.06. The summed E-state index contributed by atoms with van der Waals surface area (Å²) in [6, 6.07) is 0. The molecule has 1 spiro atoms. The fraction of sp³-hybridized carbons (Fsp3) is 0.778. The summed E-state index contributed by atoms with van der Waals surface area (Å²) in [5.74, 6) is -0.384. The molecule has 84 valence electrons. The summed E-state index contributed by atoms with van der Waals surface area (Å²) in [7, 11) is -3.16. The Morgan fingerprint density at radius 2 is 2.00 bits per heavy atom. The van der Waals surface area contributed by atoms with Crippen LogP contribution < -0.4 is 5.32 Å². The number of hydrogen-bond donors (Lipinski definition) is 1. The van der Waals surface area contributed by atoms with Gasteiger partial charge in [-0.1, -0.05) is 0 Å². The number of hydrogen-bond acceptors (Lipinski definition) is 4. The molecule has 2 rings (SSSR count). The fourth-order valence-electron chi connectivity index (χ4n) is 2.40. The minimum absolute atomic E-state index is 0.0423. The van der Waals surface area contributed by atoms with E-state index in [1.54, 1.807) is 0 Å². The van der Waals surface area contributed by atoms with Crippen LogP contribution in [-0.4, -0.2) is 38.2 Å². The summed E-state index contributed by atoms with van der Waals surface area (Å²) in [4.78, 5) is 23.0. The van der Waals surface area contributed by atoms with Gasteiger partial charge in [0.05, 0.1) is 23.5 Å². The fourth-order valence-corrected chi connectivity index (χ4v) is 4.35. The lowest BCUT2D eigenvalue weighted by molar-refractivity contribution is -0.140. The van der Waals surface area contributed by atoms with Gasteiger partial charge in [-0.3, -0.25) is 9.59 Å². The Hall–Kier alpha value is -0.910. The molecule has 2 saturated heterocycles. The van der Waals surface area contributed by atoms with E-state index in [9.17, 15) is 18.0 Å². The van der Waals surface area contributed by atoms with Crippen LogP contribution in [0.2, 0.25) is 0 Å². The molecule has 2 heterocycles. The quantitative estimate of drug-likeness (QED) is 0.596. The van der Waals surface area contributed by atoms with Gasteiger partial charge in [0, 0.05) is 6.42 Å². The first-order chi connectivity index (χ1) is 6.94. The number of Topliss-reactive ketones (excluding diaryl/α,β-unsaturated/α-hetero) is 1. The molecule has 15 heavy (non-hydrogen) atoms. The number of carbonyl (C=O) groups excluding carboxylic acids is 2.